The zero-order valence-electron chi connectivity index (χ0n) is 20.8. The fourth-order valence-corrected chi connectivity index (χ4v) is 4.20. The zero-order valence-corrected chi connectivity index (χ0v) is 20.8. The Balaban J connectivity index is 1.84. The molecule has 0 saturated heterocycles. The number of anilines is 1. The van der Waals surface area contributed by atoms with Crippen LogP contribution in [0.15, 0.2) is 85.0 Å². The molecule has 0 unspecified atom stereocenters. The van der Waals surface area contributed by atoms with Gasteiger partial charge in [-0.25, -0.2) is 4.79 Å². The van der Waals surface area contributed by atoms with Crippen molar-refractivity contribution < 1.29 is 28.2 Å². The third kappa shape index (κ3) is 5.81. The molecule has 38 heavy (non-hydrogen) atoms. The molecule has 8 heteroatoms. The maximum Gasteiger partial charge on any atom is 0.419 e. The number of nitrogen functional groups attached to an aromatic ring is 1. The number of nitrogens with two attached hydrogens (primary N) is 1. The number of alkyl halides is 2. The van der Waals surface area contributed by atoms with Gasteiger partial charge in [0, 0.05) is 35.7 Å². The summed E-state index contributed by atoms with van der Waals surface area (Å²) in [6, 6.07) is 18.6. The van der Waals surface area contributed by atoms with Crippen LogP contribution < -0.4 is 10.5 Å². The van der Waals surface area contributed by atoms with Crippen molar-refractivity contribution in [3.05, 3.63) is 113 Å². The summed E-state index contributed by atoms with van der Waals surface area (Å²) in [7, 11) is 0. The van der Waals surface area contributed by atoms with Crippen molar-refractivity contribution >= 4 is 34.5 Å². The van der Waals surface area contributed by atoms with Gasteiger partial charge in [0.25, 0.3) is 0 Å². The first-order valence-corrected chi connectivity index (χ1v) is 11.8. The number of carbonyl (C=O) groups excluding carboxylic acids is 1. The summed E-state index contributed by atoms with van der Waals surface area (Å²) in [6.07, 6.45) is 0.823. The van der Waals surface area contributed by atoms with Crippen LogP contribution in [0, 0.1) is 6.92 Å². The van der Waals surface area contributed by atoms with Crippen molar-refractivity contribution in [1.82, 2.24) is 4.57 Å². The van der Waals surface area contributed by atoms with Crippen LogP contribution in [0.5, 0.6) is 5.75 Å². The summed E-state index contributed by atoms with van der Waals surface area (Å²) in [5.41, 5.74) is 10.1. The smallest absolute Gasteiger partial charge is 0.419 e. The van der Waals surface area contributed by atoms with Gasteiger partial charge in [0.05, 0.1) is 11.1 Å². The summed E-state index contributed by atoms with van der Waals surface area (Å²) in [4.78, 5) is 24.4. The molecule has 0 amide bonds. The Morgan fingerprint density at radius 1 is 1.08 bits per heavy atom. The van der Waals surface area contributed by atoms with E-state index in [1.165, 1.54) is 31.2 Å². The molecule has 0 spiro atoms. The lowest BCUT2D eigenvalue weighted by atomic mass is 10.0. The lowest BCUT2D eigenvalue weighted by molar-refractivity contribution is -0.132. The highest BCUT2D eigenvalue weighted by Gasteiger charge is 2.28. The second-order valence-corrected chi connectivity index (χ2v) is 8.80. The minimum Gasteiger partial charge on any atom is -0.478 e. The number of halogens is 2. The van der Waals surface area contributed by atoms with Crippen molar-refractivity contribution in [2.75, 3.05) is 5.73 Å². The van der Waals surface area contributed by atoms with Crippen LogP contribution in [-0.2, 0) is 11.3 Å². The maximum absolute atomic E-state index is 14.2. The number of rotatable bonds is 9. The summed E-state index contributed by atoms with van der Waals surface area (Å²) >= 11 is 0. The second kappa shape index (κ2) is 10.7. The average Bonchev–Trinajstić information content (AvgIpc) is 3.13. The monoisotopic (exact) mass is 516 g/mol. The second-order valence-electron chi connectivity index (χ2n) is 8.80. The summed E-state index contributed by atoms with van der Waals surface area (Å²) in [5, 5.41) is 9.43. The molecular weight excluding hydrogens is 490 g/mol. The Kier molecular flexibility index (Phi) is 7.43. The maximum atomic E-state index is 14.2. The fourth-order valence-electron chi connectivity index (χ4n) is 4.20. The molecule has 0 aliphatic carbocycles. The van der Waals surface area contributed by atoms with Gasteiger partial charge in [-0.05, 0) is 49.2 Å². The van der Waals surface area contributed by atoms with Gasteiger partial charge in [0.1, 0.15) is 11.6 Å². The van der Waals surface area contributed by atoms with E-state index in [0.717, 1.165) is 17.2 Å². The fraction of sp³-hybridized carbons (Fsp3) is 0.133. The molecule has 0 aliphatic heterocycles. The van der Waals surface area contributed by atoms with Crippen LogP contribution in [0.1, 0.15) is 39.5 Å². The summed E-state index contributed by atoms with van der Waals surface area (Å²) in [5.74, 6) is -1.28. The Morgan fingerprint density at radius 3 is 2.50 bits per heavy atom. The van der Waals surface area contributed by atoms with Crippen LogP contribution in [-0.4, -0.2) is 27.5 Å². The molecule has 0 aliphatic rings. The van der Waals surface area contributed by atoms with Crippen LogP contribution in [0.3, 0.4) is 0 Å². The van der Waals surface area contributed by atoms with E-state index < -0.39 is 12.1 Å². The Bertz CT molecular complexity index is 1570. The third-order valence-corrected chi connectivity index (χ3v) is 5.94. The number of aliphatic carboxylic acids is 1. The van der Waals surface area contributed by atoms with Crippen LogP contribution in [0.25, 0.3) is 17.0 Å². The van der Waals surface area contributed by atoms with E-state index in [1.54, 1.807) is 41.0 Å². The lowest BCUT2D eigenvalue weighted by Gasteiger charge is -2.15. The molecule has 3 aromatic carbocycles. The number of carboxylic acid groups (broad SMARTS) is 1. The number of carboxylic acids is 1. The summed E-state index contributed by atoms with van der Waals surface area (Å²) < 4.78 is 34.9. The van der Waals surface area contributed by atoms with Gasteiger partial charge in [-0.2, -0.15) is 8.78 Å². The van der Waals surface area contributed by atoms with Gasteiger partial charge in [0.15, 0.2) is 5.78 Å². The number of nitrogens with zero attached hydrogens (tertiary/aromatic N) is 1. The number of fused-ring (bicyclic) bond motifs is 1. The van der Waals surface area contributed by atoms with Crippen molar-refractivity contribution in [2.24, 2.45) is 0 Å². The Morgan fingerprint density at radius 2 is 1.82 bits per heavy atom. The van der Waals surface area contributed by atoms with Crippen LogP contribution in [0.4, 0.5) is 14.6 Å². The predicted molar refractivity (Wildman–Crippen MR) is 144 cm³/mol. The molecule has 1 aromatic heterocycles. The van der Waals surface area contributed by atoms with Gasteiger partial charge in [-0.1, -0.05) is 54.1 Å². The number of ether oxygens (including phenoxy) is 1. The molecule has 0 saturated carbocycles. The van der Waals surface area contributed by atoms with Crippen molar-refractivity contribution in [1.29, 1.82) is 0 Å². The molecule has 0 atom stereocenters. The predicted octanol–water partition coefficient (Wildman–Crippen LogP) is 6.46. The molecule has 3 N–H and O–H groups in total. The zero-order chi connectivity index (χ0) is 27.4. The van der Waals surface area contributed by atoms with E-state index in [-0.39, 0.29) is 29.5 Å². The molecule has 0 bridgehead atoms. The number of hydrogen-bond donors (Lipinski definition) is 2. The Labute approximate surface area is 218 Å². The number of allylic oxidation sites excluding steroid dienone is 1. The number of hydrogen-bond acceptors (Lipinski definition) is 4. The minimum absolute atomic E-state index is 0.0909. The first-order chi connectivity index (χ1) is 18.1. The van der Waals surface area contributed by atoms with E-state index in [2.05, 4.69) is 0 Å². The first kappa shape index (κ1) is 26.3. The van der Waals surface area contributed by atoms with Gasteiger partial charge in [-0.15, -0.1) is 0 Å². The topological polar surface area (TPSA) is 94.5 Å². The number of aryl methyl sites for hydroxylation is 1. The van der Waals surface area contributed by atoms with E-state index in [0.29, 0.717) is 28.1 Å². The molecule has 4 aromatic rings. The number of benzene rings is 3. The van der Waals surface area contributed by atoms with Crippen LogP contribution >= 0.6 is 0 Å². The summed E-state index contributed by atoms with van der Waals surface area (Å²) in [6.45, 7) is 3.58. The van der Waals surface area contributed by atoms with E-state index >= 15 is 0 Å². The molecule has 6 nitrogen and oxygen atoms in total. The van der Waals surface area contributed by atoms with E-state index in [1.807, 2.05) is 25.1 Å². The minimum atomic E-state index is -3.52. The molecule has 0 fully saturated rings. The highest BCUT2D eigenvalue weighted by molar-refractivity contribution is 6.20. The molecule has 1 heterocycles. The normalized spacial score (nSPS) is 12.0. The molecule has 0 radical (unpaired) electrons. The highest BCUT2D eigenvalue weighted by Crippen LogP contribution is 2.35. The number of aromatic nitrogens is 1. The van der Waals surface area contributed by atoms with Gasteiger partial charge < -0.3 is 20.1 Å². The lowest BCUT2D eigenvalue weighted by Crippen LogP contribution is -2.21. The third-order valence-electron chi connectivity index (χ3n) is 5.94. The molecule has 4 rings (SSSR count). The van der Waals surface area contributed by atoms with E-state index in [9.17, 15) is 18.4 Å². The van der Waals surface area contributed by atoms with Crippen molar-refractivity contribution in [2.45, 2.75) is 26.5 Å². The number of ketones is 1. The molecular formula is C30H26F2N2O4. The largest absolute Gasteiger partial charge is 0.478 e. The van der Waals surface area contributed by atoms with Gasteiger partial charge >= 0.3 is 12.1 Å². The van der Waals surface area contributed by atoms with E-state index in [4.69, 9.17) is 15.6 Å². The van der Waals surface area contributed by atoms with Crippen LogP contribution in [0.2, 0.25) is 0 Å². The molecule has 194 valence electrons. The quantitative estimate of drug-likeness (QED) is 0.151. The van der Waals surface area contributed by atoms with Gasteiger partial charge in [0.2, 0.25) is 0 Å². The number of carbonyl (C=O) groups is 2. The highest BCUT2D eigenvalue weighted by atomic mass is 19.3. The first-order valence-electron chi connectivity index (χ1n) is 11.8. The Hall–Kier alpha value is -4.72. The van der Waals surface area contributed by atoms with Gasteiger partial charge in [-0.3, -0.25) is 4.79 Å². The van der Waals surface area contributed by atoms with Crippen molar-refractivity contribution in [3.8, 4) is 5.75 Å². The van der Waals surface area contributed by atoms with Crippen molar-refractivity contribution in [3.63, 3.8) is 0 Å². The SMILES string of the molecule is C/C=C/C(F)(F)Oc1ccc2c(C(=O)c3ccc(C)cc3)c(N)n(Cc3cccc(/C=C/C(=O)O)c3)c2c1. The standard InChI is InChI=1S/C30H26F2N2O4/c1-3-15-30(31,32)38-23-12-13-24-25(17-23)34(18-21-6-4-5-20(16-21)9-14-26(35)36)29(33)27(24)28(37)22-10-7-19(2)8-11-22/h3-17H,18,33H2,1-2H3,(H,35,36)/b14-9+,15-3+. The average molecular weight is 517 g/mol.